The fourth-order valence-corrected chi connectivity index (χ4v) is 19.6. The van der Waals surface area contributed by atoms with Gasteiger partial charge in [-0.3, -0.25) is 0 Å². The second-order valence-corrected chi connectivity index (χ2v) is 27.6. The quantitative estimate of drug-likeness (QED) is 0.192. The van der Waals surface area contributed by atoms with Gasteiger partial charge in [0.1, 0.15) is 0 Å². The summed E-state index contributed by atoms with van der Waals surface area (Å²) < 4.78 is 32.6. The second-order valence-electron chi connectivity index (χ2n) is 21.5. The maximum Gasteiger partial charge on any atom is -1.00 e. The van der Waals surface area contributed by atoms with Crippen molar-refractivity contribution in [1.29, 1.82) is 0 Å². The molecular weight excluding hydrogens is 849 g/mol. The first-order valence-electron chi connectivity index (χ1n) is 20.9. The standard InChI is InChI=1S/C31H37.C13H8F2.C10H15.2ClH.Zr/c1-28(2,3)26-16-30(7,8)24-12-18-11-19-13-25-23(15-21(19)20(18)14-22(24)26)27(29(4,5)6)17-31(25,9)10;14-12-5-1-10(2-6-12)9-11-3-7-13(15)8-4-11;1-8-5-6-9(7-8)10(2,3)4;;;/h11-17H,1-10H3;1-8H;6-8H,1-4H3;2*1H;/q;;;;;+2/p-2. The van der Waals surface area contributed by atoms with Gasteiger partial charge in [-0.1, -0.05) is 0 Å². The number of benzene rings is 4. The zero-order chi connectivity index (χ0) is 41.4. The van der Waals surface area contributed by atoms with Gasteiger partial charge in [-0.05, 0) is 0 Å². The molecule has 1 unspecified atom stereocenters. The molecule has 4 aromatic carbocycles. The van der Waals surface area contributed by atoms with Crippen LogP contribution in [0, 0.1) is 33.8 Å². The first kappa shape index (κ1) is 45.6. The van der Waals surface area contributed by atoms with Crippen LogP contribution in [0.5, 0.6) is 0 Å². The number of halogens is 4. The molecule has 0 bridgehead atoms. The van der Waals surface area contributed by atoms with Crippen molar-refractivity contribution in [2.45, 2.75) is 111 Å². The van der Waals surface area contributed by atoms with E-state index in [-0.39, 0.29) is 73.1 Å². The minimum atomic E-state index is -3.30. The molecule has 5 heteroatoms. The van der Waals surface area contributed by atoms with Crippen LogP contribution in [0.4, 0.5) is 8.78 Å². The zero-order valence-corrected chi connectivity index (χ0v) is 41.4. The molecular formula is C54H60Cl2F2Zr. The van der Waals surface area contributed by atoms with Crippen molar-refractivity contribution in [3.63, 3.8) is 0 Å². The molecule has 0 N–H and O–H groups in total. The summed E-state index contributed by atoms with van der Waals surface area (Å²) in [6, 6.07) is 24.6. The molecule has 4 aliphatic rings. The molecule has 8 rings (SSSR count). The third-order valence-corrected chi connectivity index (χ3v) is 21.8. The maximum atomic E-state index is 14.8. The van der Waals surface area contributed by atoms with Gasteiger partial charge in [0.2, 0.25) is 0 Å². The average molecular weight is 909 g/mol. The number of fused-ring (bicyclic) bond motifs is 5. The van der Waals surface area contributed by atoms with Crippen LogP contribution in [-0.4, -0.2) is 3.21 Å². The maximum absolute atomic E-state index is 14.8. The van der Waals surface area contributed by atoms with Crippen molar-refractivity contribution in [3.05, 3.63) is 162 Å². The van der Waals surface area contributed by atoms with Crippen molar-refractivity contribution in [1.82, 2.24) is 0 Å². The average Bonchev–Trinajstić information content (AvgIpc) is 3.80. The number of hydrogen-bond acceptors (Lipinski definition) is 0. The third-order valence-electron chi connectivity index (χ3n) is 13.1. The Hall–Kier alpha value is -2.97. The molecule has 4 aromatic rings. The molecule has 0 nitrogen and oxygen atoms in total. The molecule has 1 atom stereocenters. The van der Waals surface area contributed by atoms with E-state index in [1.165, 1.54) is 67.7 Å². The fraction of sp³-hybridized carbons (Fsp3) is 0.389. The Balaban J connectivity index is 0.00000293. The van der Waals surface area contributed by atoms with E-state index in [2.05, 4.69) is 146 Å². The summed E-state index contributed by atoms with van der Waals surface area (Å²) in [6.45, 7) is 32.9. The van der Waals surface area contributed by atoms with Crippen molar-refractivity contribution in [2.24, 2.45) is 22.2 Å². The molecule has 0 spiro atoms. The third kappa shape index (κ3) is 7.78. The number of rotatable bonds is 4. The van der Waals surface area contributed by atoms with Gasteiger partial charge in [0.05, 0.1) is 0 Å². The summed E-state index contributed by atoms with van der Waals surface area (Å²) in [4.78, 5) is 0. The van der Waals surface area contributed by atoms with Gasteiger partial charge in [0, 0.05) is 0 Å². The predicted molar refractivity (Wildman–Crippen MR) is 235 cm³/mol. The Morgan fingerprint density at radius 1 is 0.559 bits per heavy atom. The molecule has 4 aliphatic carbocycles. The van der Waals surface area contributed by atoms with Crippen LogP contribution in [-0.2, 0) is 32.1 Å². The van der Waals surface area contributed by atoms with Crippen LogP contribution in [0.3, 0.4) is 0 Å². The molecule has 0 aliphatic heterocycles. The largest absolute Gasteiger partial charge is 1.00 e. The second kappa shape index (κ2) is 15.1. The van der Waals surface area contributed by atoms with Crippen LogP contribution in [0.25, 0.3) is 22.3 Å². The summed E-state index contributed by atoms with van der Waals surface area (Å²) in [5, 5.41) is 0. The molecule has 0 fully saturated rings. The first-order chi connectivity index (χ1) is 26.4. The number of hydrogen-bond donors (Lipinski definition) is 0. The van der Waals surface area contributed by atoms with Crippen LogP contribution >= 0.6 is 0 Å². The number of allylic oxidation sites excluding steroid dienone is 8. The van der Waals surface area contributed by atoms with E-state index in [0.29, 0.717) is 0 Å². The zero-order valence-electron chi connectivity index (χ0n) is 37.4. The Kier molecular flexibility index (Phi) is 11.7. The topological polar surface area (TPSA) is 0 Å². The van der Waals surface area contributed by atoms with E-state index in [0.717, 1.165) is 11.1 Å². The summed E-state index contributed by atoms with van der Waals surface area (Å²) >= 11 is -3.30. The summed E-state index contributed by atoms with van der Waals surface area (Å²) in [5.74, 6) is -0.245. The van der Waals surface area contributed by atoms with Crippen molar-refractivity contribution >= 4 is 14.4 Å². The van der Waals surface area contributed by atoms with Crippen LogP contribution in [0.2, 0.25) is 0 Å². The van der Waals surface area contributed by atoms with Crippen LogP contribution in [0.15, 0.2) is 106 Å². The van der Waals surface area contributed by atoms with E-state index in [9.17, 15) is 8.78 Å². The first-order valence-corrected chi connectivity index (χ1v) is 24.8. The van der Waals surface area contributed by atoms with Gasteiger partial charge in [-0.15, -0.1) is 0 Å². The minimum Gasteiger partial charge on any atom is -1.00 e. The smallest absolute Gasteiger partial charge is 1.00 e. The summed E-state index contributed by atoms with van der Waals surface area (Å²) in [7, 11) is 0. The molecule has 0 radical (unpaired) electrons. The van der Waals surface area contributed by atoms with E-state index >= 15 is 0 Å². The van der Waals surface area contributed by atoms with Gasteiger partial charge in [-0.25, -0.2) is 0 Å². The molecule has 59 heavy (non-hydrogen) atoms. The Bertz CT molecular complexity index is 2370. The molecule has 0 saturated carbocycles. The van der Waals surface area contributed by atoms with Gasteiger partial charge in [0.15, 0.2) is 0 Å². The predicted octanol–water partition coefficient (Wildman–Crippen LogP) is 8.88. The van der Waals surface area contributed by atoms with E-state index in [1.54, 1.807) is 24.3 Å². The van der Waals surface area contributed by atoms with Gasteiger partial charge in [-0.2, -0.15) is 0 Å². The van der Waals surface area contributed by atoms with E-state index in [4.69, 9.17) is 0 Å². The molecule has 0 heterocycles. The van der Waals surface area contributed by atoms with Gasteiger partial charge >= 0.3 is 351 Å². The normalized spacial score (nSPS) is 18.5. The monoisotopic (exact) mass is 906 g/mol. The van der Waals surface area contributed by atoms with E-state index in [1.807, 2.05) is 24.3 Å². The van der Waals surface area contributed by atoms with Crippen LogP contribution in [0.1, 0.15) is 145 Å². The van der Waals surface area contributed by atoms with Crippen molar-refractivity contribution in [2.75, 3.05) is 0 Å². The Morgan fingerprint density at radius 3 is 1.29 bits per heavy atom. The van der Waals surface area contributed by atoms with Gasteiger partial charge < -0.3 is 24.8 Å². The Morgan fingerprint density at radius 2 is 0.949 bits per heavy atom. The van der Waals surface area contributed by atoms with Gasteiger partial charge in [0.25, 0.3) is 0 Å². The van der Waals surface area contributed by atoms with E-state index < -0.39 is 21.3 Å². The summed E-state index contributed by atoms with van der Waals surface area (Å²) in [6.07, 6.45) is 10.1. The minimum absolute atomic E-state index is 0. The molecule has 0 aromatic heterocycles. The fourth-order valence-electron chi connectivity index (χ4n) is 10.1. The van der Waals surface area contributed by atoms with Crippen molar-refractivity contribution in [3.8, 4) is 11.1 Å². The molecule has 308 valence electrons. The molecule has 0 saturated heterocycles. The SMILES string of the molecule is CC1C=C(C(C)(C)C)C=[C]1[Zr+2](=[C](c1ccc(F)cc1)c1ccc(F)cc1)[CH]1c2cc3c(cc2-c2cc4c(cc21)C(C)(C)C=C4C(C)(C)C)C(C(C)(C)C)=CC3(C)C.[Cl-].[Cl-]. The molecule has 0 amide bonds. The Labute approximate surface area is 373 Å². The van der Waals surface area contributed by atoms with Crippen molar-refractivity contribution < 1.29 is 54.9 Å². The van der Waals surface area contributed by atoms with Crippen LogP contribution < -0.4 is 24.8 Å². The summed E-state index contributed by atoms with van der Waals surface area (Å²) in [5.41, 5.74) is 17.2.